The third-order valence-corrected chi connectivity index (χ3v) is 4.69. The molecule has 1 saturated carbocycles. The number of hydrogen-bond donors (Lipinski definition) is 1. The highest BCUT2D eigenvalue weighted by atomic mass is 32.1. The zero-order valence-electron chi connectivity index (χ0n) is 10.3. The van der Waals surface area contributed by atoms with Gasteiger partial charge in [0.1, 0.15) is 0 Å². The number of hydrogen-bond acceptors (Lipinski definition) is 3. The average molecular weight is 238 g/mol. The summed E-state index contributed by atoms with van der Waals surface area (Å²) in [4.78, 5) is 4.75. The summed E-state index contributed by atoms with van der Waals surface area (Å²) in [5, 5.41) is 6.75. The van der Waals surface area contributed by atoms with E-state index in [9.17, 15) is 0 Å². The Kier molecular flexibility index (Phi) is 4.36. The Labute approximate surface area is 102 Å². The van der Waals surface area contributed by atoms with Crippen LogP contribution in [0.4, 0.5) is 0 Å². The van der Waals surface area contributed by atoms with E-state index in [1.807, 2.05) is 18.4 Å². The van der Waals surface area contributed by atoms with Crippen molar-refractivity contribution < 1.29 is 0 Å². The van der Waals surface area contributed by atoms with Gasteiger partial charge in [-0.3, -0.25) is 0 Å². The van der Waals surface area contributed by atoms with Crippen molar-refractivity contribution in [2.75, 3.05) is 7.05 Å². The van der Waals surface area contributed by atoms with Crippen LogP contribution in [0.5, 0.6) is 0 Å². The van der Waals surface area contributed by atoms with Gasteiger partial charge in [-0.25, -0.2) is 4.98 Å². The van der Waals surface area contributed by atoms with E-state index in [1.165, 1.54) is 42.8 Å². The summed E-state index contributed by atoms with van der Waals surface area (Å²) in [6, 6.07) is 0. The molecule has 0 amide bonds. The van der Waals surface area contributed by atoms with Gasteiger partial charge in [-0.1, -0.05) is 26.2 Å². The first-order valence-corrected chi connectivity index (χ1v) is 7.30. The summed E-state index contributed by atoms with van der Waals surface area (Å²) in [6.07, 6.45) is 6.88. The van der Waals surface area contributed by atoms with Crippen LogP contribution in [-0.2, 0) is 6.54 Å². The van der Waals surface area contributed by atoms with Gasteiger partial charge in [0.15, 0.2) is 0 Å². The van der Waals surface area contributed by atoms with Gasteiger partial charge in [0.25, 0.3) is 0 Å². The standard InChI is InChI=1S/C13H22N2S/c1-3-10-5-4-6-11(7-10)13-15-12(8-14-2)9-16-13/h9-11,14H,3-8H2,1-2H3. The molecule has 16 heavy (non-hydrogen) atoms. The molecule has 1 aliphatic rings. The molecule has 2 unspecified atom stereocenters. The third-order valence-electron chi connectivity index (χ3n) is 3.64. The lowest BCUT2D eigenvalue weighted by molar-refractivity contribution is 0.314. The summed E-state index contributed by atoms with van der Waals surface area (Å²) in [5.41, 5.74) is 1.21. The molecule has 1 aliphatic carbocycles. The van der Waals surface area contributed by atoms with Crippen molar-refractivity contribution in [3.63, 3.8) is 0 Å². The second kappa shape index (κ2) is 5.78. The fourth-order valence-electron chi connectivity index (χ4n) is 2.66. The van der Waals surface area contributed by atoms with Gasteiger partial charge in [-0.15, -0.1) is 11.3 Å². The molecule has 2 atom stereocenters. The first-order chi connectivity index (χ1) is 7.83. The molecule has 1 heterocycles. The quantitative estimate of drug-likeness (QED) is 0.867. The molecular weight excluding hydrogens is 216 g/mol. The molecule has 0 aromatic carbocycles. The molecule has 0 spiro atoms. The van der Waals surface area contributed by atoms with E-state index in [-0.39, 0.29) is 0 Å². The molecule has 2 nitrogen and oxygen atoms in total. The summed E-state index contributed by atoms with van der Waals surface area (Å²) in [5.74, 6) is 1.68. The first-order valence-electron chi connectivity index (χ1n) is 6.42. The van der Waals surface area contributed by atoms with Crippen LogP contribution in [0.1, 0.15) is 55.6 Å². The maximum atomic E-state index is 4.75. The Hall–Kier alpha value is -0.410. The fraction of sp³-hybridized carbons (Fsp3) is 0.769. The lowest BCUT2D eigenvalue weighted by Gasteiger charge is -2.26. The molecule has 0 saturated heterocycles. The van der Waals surface area contributed by atoms with Gasteiger partial charge in [-0.05, 0) is 25.8 Å². The van der Waals surface area contributed by atoms with Crippen molar-refractivity contribution in [2.24, 2.45) is 5.92 Å². The summed E-state index contributed by atoms with van der Waals surface area (Å²) in [6.45, 7) is 3.22. The highest BCUT2D eigenvalue weighted by Gasteiger charge is 2.24. The Morgan fingerprint density at radius 1 is 1.50 bits per heavy atom. The molecule has 1 N–H and O–H groups in total. The van der Waals surface area contributed by atoms with Crippen molar-refractivity contribution in [1.82, 2.24) is 10.3 Å². The highest BCUT2D eigenvalue weighted by Crippen LogP contribution is 2.38. The lowest BCUT2D eigenvalue weighted by Crippen LogP contribution is -2.13. The van der Waals surface area contributed by atoms with E-state index in [0.717, 1.165) is 18.4 Å². The van der Waals surface area contributed by atoms with Crippen molar-refractivity contribution in [3.05, 3.63) is 16.1 Å². The second-order valence-electron chi connectivity index (χ2n) is 4.85. The monoisotopic (exact) mass is 238 g/mol. The Bertz CT molecular complexity index is 321. The molecular formula is C13H22N2S. The topological polar surface area (TPSA) is 24.9 Å². The molecule has 2 rings (SSSR count). The van der Waals surface area contributed by atoms with Gasteiger partial charge in [0, 0.05) is 17.8 Å². The van der Waals surface area contributed by atoms with Crippen molar-refractivity contribution in [1.29, 1.82) is 0 Å². The minimum Gasteiger partial charge on any atom is -0.314 e. The Balaban J connectivity index is 1.99. The maximum Gasteiger partial charge on any atom is 0.0959 e. The maximum absolute atomic E-state index is 4.75. The lowest BCUT2D eigenvalue weighted by atomic mass is 9.80. The van der Waals surface area contributed by atoms with Crippen LogP contribution >= 0.6 is 11.3 Å². The normalized spacial score (nSPS) is 25.9. The first kappa shape index (κ1) is 12.1. The van der Waals surface area contributed by atoms with Crippen LogP contribution in [0.25, 0.3) is 0 Å². The molecule has 0 aliphatic heterocycles. The van der Waals surface area contributed by atoms with Crippen LogP contribution in [0.15, 0.2) is 5.38 Å². The molecule has 1 aromatic rings. The highest BCUT2D eigenvalue weighted by molar-refractivity contribution is 7.09. The van der Waals surface area contributed by atoms with Crippen LogP contribution in [0.3, 0.4) is 0 Å². The SMILES string of the molecule is CCC1CCCC(c2nc(CNC)cs2)C1. The molecule has 3 heteroatoms. The Morgan fingerprint density at radius 2 is 2.38 bits per heavy atom. The number of nitrogens with one attached hydrogen (secondary N) is 1. The molecule has 1 fully saturated rings. The van der Waals surface area contributed by atoms with Gasteiger partial charge in [0.05, 0.1) is 10.7 Å². The number of aromatic nitrogens is 1. The summed E-state index contributed by atoms with van der Waals surface area (Å²) in [7, 11) is 1.98. The average Bonchev–Trinajstić information content (AvgIpc) is 2.78. The number of nitrogens with zero attached hydrogens (tertiary/aromatic N) is 1. The van der Waals surface area contributed by atoms with Gasteiger partial charge < -0.3 is 5.32 Å². The summed E-state index contributed by atoms with van der Waals surface area (Å²) < 4.78 is 0. The van der Waals surface area contributed by atoms with E-state index in [4.69, 9.17) is 4.98 Å². The number of rotatable bonds is 4. The third kappa shape index (κ3) is 2.83. The van der Waals surface area contributed by atoms with Crippen LogP contribution in [-0.4, -0.2) is 12.0 Å². The van der Waals surface area contributed by atoms with E-state index in [0.29, 0.717) is 0 Å². The fourth-order valence-corrected chi connectivity index (χ4v) is 3.63. The smallest absolute Gasteiger partial charge is 0.0959 e. The molecule has 90 valence electrons. The van der Waals surface area contributed by atoms with Gasteiger partial charge in [0.2, 0.25) is 0 Å². The van der Waals surface area contributed by atoms with E-state index in [1.54, 1.807) is 0 Å². The minimum atomic E-state index is 0.745. The van der Waals surface area contributed by atoms with Crippen LogP contribution < -0.4 is 5.32 Å². The van der Waals surface area contributed by atoms with Crippen molar-refractivity contribution >= 4 is 11.3 Å². The summed E-state index contributed by atoms with van der Waals surface area (Å²) >= 11 is 1.86. The Morgan fingerprint density at radius 3 is 3.12 bits per heavy atom. The molecule has 1 aromatic heterocycles. The predicted molar refractivity (Wildman–Crippen MR) is 69.9 cm³/mol. The van der Waals surface area contributed by atoms with E-state index < -0.39 is 0 Å². The molecule has 0 radical (unpaired) electrons. The van der Waals surface area contributed by atoms with Gasteiger partial charge >= 0.3 is 0 Å². The molecule has 0 bridgehead atoms. The second-order valence-corrected chi connectivity index (χ2v) is 5.73. The van der Waals surface area contributed by atoms with Crippen molar-refractivity contribution in [2.45, 2.75) is 51.5 Å². The van der Waals surface area contributed by atoms with E-state index >= 15 is 0 Å². The number of thiazole rings is 1. The van der Waals surface area contributed by atoms with Crippen molar-refractivity contribution in [3.8, 4) is 0 Å². The predicted octanol–water partition coefficient (Wildman–Crippen LogP) is 3.55. The zero-order valence-corrected chi connectivity index (χ0v) is 11.1. The largest absolute Gasteiger partial charge is 0.314 e. The van der Waals surface area contributed by atoms with Crippen LogP contribution in [0.2, 0.25) is 0 Å². The van der Waals surface area contributed by atoms with Crippen LogP contribution in [0, 0.1) is 5.92 Å². The zero-order chi connectivity index (χ0) is 11.4. The van der Waals surface area contributed by atoms with E-state index in [2.05, 4.69) is 17.6 Å². The minimum absolute atomic E-state index is 0.745. The van der Waals surface area contributed by atoms with Gasteiger partial charge in [-0.2, -0.15) is 0 Å².